The van der Waals surface area contributed by atoms with Crippen LogP contribution in [0.2, 0.25) is 0 Å². The van der Waals surface area contributed by atoms with Crippen molar-refractivity contribution >= 4 is 11.9 Å². The van der Waals surface area contributed by atoms with Gasteiger partial charge in [-0.3, -0.25) is 0 Å². The number of cyclic esters (lactones) is 2. The van der Waals surface area contributed by atoms with Crippen LogP contribution in [0.5, 0.6) is 0 Å². The first-order chi connectivity index (χ1) is 5.29. The largest absolute Gasteiger partial charge is 0.388 e. The second-order valence-corrected chi connectivity index (χ2v) is 2.29. The van der Waals surface area contributed by atoms with Gasteiger partial charge in [-0.15, -0.1) is 0 Å². The number of carbonyl (C=O) groups excluding carboxylic acids is 2. The fraction of sp³-hybridized carbons (Fsp3) is 0.143. The molecule has 4 heteroatoms. The smallest absolute Gasteiger partial charge is 0.344 e. The molecule has 0 amide bonds. The van der Waals surface area contributed by atoms with Crippen molar-refractivity contribution in [1.29, 1.82) is 0 Å². The third kappa shape index (κ3) is 0.756. The van der Waals surface area contributed by atoms with Crippen molar-refractivity contribution < 1.29 is 14.3 Å². The Labute approximate surface area is 62.5 Å². The van der Waals surface area contributed by atoms with E-state index in [0.717, 1.165) is 0 Å². The molecular formula is C7H5NO3. The predicted molar refractivity (Wildman–Crippen MR) is 35.2 cm³/mol. The Morgan fingerprint density at radius 1 is 1.45 bits per heavy atom. The SMILES string of the molecule is O=C1OC(=O)C2NC=CC=C12. The van der Waals surface area contributed by atoms with Gasteiger partial charge < -0.3 is 10.1 Å². The Morgan fingerprint density at radius 2 is 2.27 bits per heavy atom. The van der Waals surface area contributed by atoms with Crippen LogP contribution in [0.4, 0.5) is 0 Å². The zero-order valence-electron chi connectivity index (χ0n) is 5.53. The summed E-state index contributed by atoms with van der Waals surface area (Å²) in [5, 5.41) is 2.72. The highest BCUT2D eigenvalue weighted by molar-refractivity contribution is 6.10. The molecule has 2 aliphatic heterocycles. The molecule has 0 spiro atoms. The summed E-state index contributed by atoms with van der Waals surface area (Å²) in [4.78, 5) is 21.7. The normalized spacial score (nSPS) is 27.3. The second-order valence-electron chi connectivity index (χ2n) is 2.29. The topological polar surface area (TPSA) is 55.4 Å². The molecule has 0 aliphatic carbocycles. The van der Waals surface area contributed by atoms with Crippen LogP contribution in [0, 0.1) is 0 Å². The maximum atomic E-state index is 10.8. The molecule has 2 heterocycles. The molecule has 4 nitrogen and oxygen atoms in total. The number of fused-ring (bicyclic) bond motifs is 1. The number of ether oxygens (including phenoxy) is 1. The molecule has 2 rings (SSSR count). The summed E-state index contributed by atoms with van der Waals surface area (Å²) in [5.74, 6) is -1.07. The second kappa shape index (κ2) is 1.95. The lowest BCUT2D eigenvalue weighted by atomic mass is 10.1. The molecule has 0 aromatic heterocycles. The van der Waals surface area contributed by atoms with Gasteiger partial charge in [0.2, 0.25) is 0 Å². The molecule has 0 radical (unpaired) electrons. The van der Waals surface area contributed by atoms with Crippen molar-refractivity contribution in [3.63, 3.8) is 0 Å². The van der Waals surface area contributed by atoms with E-state index in [-0.39, 0.29) is 0 Å². The molecule has 1 saturated heterocycles. The van der Waals surface area contributed by atoms with Crippen LogP contribution in [0.25, 0.3) is 0 Å². The third-order valence-corrected chi connectivity index (χ3v) is 1.61. The first-order valence-electron chi connectivity index (χ1n) is 3.18. The van der Waals surface area contributed by atoms with Crippen molar-refractivity contribution in [3.05, 3.63) is 23.9 Å². The van der Waals surface area contributed by atoms with Crippen LogP contribution >= 0.6 is 0 Å². The van der Waals surface area contributed by atoms with Crippen LogP contribution in [0.1, 0.15) is 0 Å². The number of carbonyl (C=O) groups is 2. The summed E-state index contributed by atoms with van der Waals surface area (Å²) in [6.07, 6.45) is 4.84. The summed E-state index contributed by atoms with van der Waals surface area (Å²) >= 11 is 0. The lowest BCUT2D eigenvalue weighted by molar-refractivity contribution is -0.151. The Balaban J connectivity index is 2.42. The Kier molecular flexibility index (Phi) is 1.09. The average Bonchev–Trinajstić information content (AvgIpc) is 2.30. The van der Waals surface area contributed by atoms with E-state index in [1.54, 1.807) is 18.4 Å². The van der Waals surface area contributed by atoms with Gasteiger partial charge in [-0.25, -0.2) is 9.59 Å². The summed E-state index contributed by atoms with van der Waals surface area (Å²) in [5.41, 5.74) is 0.387. The Bertz CT molecular complexity index is 290. The maximum Gasteiger partial charge on any atom is 0.344 e. The molecule has 11 heavy (non-hydrogen) atoms. The van der Waals surface area contributed by atoms with E-state index in [0.29, 0.717) is 5.57 Å². The van der Waals surface area contributed by atoms with E-state index < -0.39 is 18.0 Å². The minimum Gasteiger partial charge on any atom is -0.388 e. The number of hydrogen-bond donors (Lipinski definition) is 1. The molecule has 1 unspecified atom stereocenters. The highest BCUT2D eigenvalue weighted by atomic mass is 16.6. The fourth-order valence-corrected chi connectivity index (χ4v) is 1.08. The third-order valence-electron chi connectivity index (χ3n) is 1.61. The highest BCUT2D eigenvalue weighted by Crippen LogP contribution is 2.17. The van der Waals surface area contributed by atoms with Gasteiger partial charge in [0.25, 0.3) is 0 Å². The predicted octanol–water partition coefficient (Wildman–Crippen LogP) is -0.518. The minimum atomic E-state index is -0.576. The van der Waals surface area contributed by atoms with Crippen LogP contribution in [0.15, 0.2) is 23.9 Å². The zero-order valence-corrected chi connectivity index (χ0v) is 5.53. The molecule has 0 saturated carbocycles. The molecule has 0 aromatic carbocycles. The van der Waals surface area contributed by atoms with Gasteiger partial charge in [0.05, 0.1) is 5.57 Å². The highest BCUT2D eigenvalue weighted by Gasteiger charge is 2.38. The monoisotopic (exact) mass is 151 g/mol. The van der Waals surface area contributed by atoms with E-state index in [4.69, 9.17) is 0 Å². The average molecular weight is 151 g/mol. The van der Waals surface area contributed by atoms with Gasteiger partial charge in [-0.05, 0) is 18.4 Å². The van der Waals surface area contributed by atoms with Crippen molar-refractivity contribution in [2.75, 3.05) is 0 Å². The quantitative estimate of drug-likeness (QED) is 0.374. The summed E-state index contributed by atoms with van der Waals surface area (Å²) in [7, 11) is 0. The summed E-state index contributed by atoms with van der Waals surface area (Å²) < 4.78 is 4.36. The molecular weight excluding hydrogens is 146 g/mol. The minimum absolute atomic E-state index is 0.387. The lowest BCUT2D eigenvalue weighted by Crippen LogP contribution is -2.31. The van der Waals surface area contributed by atoms with Gasteiger partial charge in [0, 0.05) is 0 Å². The van der Waals surface area contributed by atoms with E-state index in [9.17, 15) is 9.59 Å². The van der Waals surface area contributed by atoms with E-state index in [1.165, 1.54) is 0 Å². The lowest BCUT2D eigenvalue weighted by Gasteiger charge is -2.08. The number of allylic oxidation sites excluding steroid dienone is 2. The molecule has 1 N–H and O–H groups in total. The van der Waals surface area contributed by atoms with Gasteiger partial charge in [-0.2, -0.15) is 0 Å². The van der Waals surface area contributed by atoms with Gasteiger partial charge in [0.15, 0.2) is 6.04 Å². The Morgan fingerprint density at radius 3 is 3.00 bits per heavy atom. The van der Waals surface area contributed by atoms with Gasteiger partial charge in [-0.1, -0.05) is 0 Å². The number of dihydropyridines is 1. The van der Waals surface area contributed by atoms with E-state index >= 15 is 0 Å². The first kappa shape index (κ1) is 6.15. The van der Waals surface area contributed by atoms with E-state index in [2.05, 4.69) is 10.1 Å². The molecule has 0 aromatic rings. The van der Waals surface area contributed by atoms with Crippen LogP contribution in [0.3, 0.4) is 0 Å². The molecule has 56 valence electrons. The number of esters is 2. The Hall–Kier alpha value is -1.58. The molecule has 0 bridgehead atoms. The van der Waals surface area contributed by atoms with Crippen LogP contribution < -0.4 is 5.32 Å². The number of hydrogen-bond acceptors (Lipinski definition) is 4. The maximum absolute atomic E-state index is 10.8. The first-order valence-corrected chi connectivity index (χ1v) is 3.18. The van der Waals surface area contributed by atoms with Crippen molar-refractivity contribution in [3.8, 4) is 0 Å². The standard InChI is InChI=1S/C7H5NO3/c9-6-4-2-1-3-8-5(4)7(10)11-6/h1-3,5,8H. The van der Waals surface area contributed by atoms with Crippen molar-refractivity contribution in [2.24, 2.45) is 0 Å². The van der Waals surface area contributed by atoms with Gasteiger partial charge >= 0.3 is 11.9 Å². The molecule has 1 fully saturated rings. The van der Waals surface area contributed by atoms with Crippen LogP contribution in [-0.2, 0) is 14.3 Å². The van der Waals surface area contributed by atoms with Crippen LogP contribution in [-0.4, -0.2) is 18.0 Å². The zero-order chi connectivity index (χ0) is 7.84. The summed E-state index contributed by atoms with van der Waals surface area (Å²) in [6, 6.07) is -0.576. The number of rotatable bonds is 0. The number of nitrogens with one attached hydrogen (secondary N) is 1. The van der Waals surface area contributed by atoms with Gasteiger partial charge in [0.1, 0.15) is 0 Å². The summed E-state index contributed by atoms with van der Waals surface area (Å²) in [6.45, 7) is 0. The van der Waals surface area contributed by atoms with E-state index in [1.807, 2.05) is 0 Å². The van der Waals surface area contributed by atoms with Crippen molar-refractivity contribution in [2.45, 2.75) is 6.04 Å². The van der Waals surface area contributed by atoms with Crippen molar-refractivity contribution in [1.82, 2.24) is 5.32 Å². The molecule has 2 aliphatic rings. The molecule has 1 atom stereocenters. The fourth-order valence-electron chi connectivity index (χ4n) is 1.08.